The maximum absolute atomic E-state index is 13.2. The molecule has 34 heavy (non-hydrogen) atoms. The second-order valence-electron chi connectivity index (χ2n) is 10.1. The first-order chi connectivity index (χ1) is 16.3. The third kappa shape index (κ3) is 4.63. The van der Waals surface area contributed by atoms with Crippen LogP contribution >= 0.6 is 22.9 Å². The normalized spacial score (nSPS) is 23.6. The molecule has 2 aromatic heterocycles. The van der Waals surface area contributed by atoms with Crippen LogP contribution in [0.5, 0.6) is 5.75 Å². The Morgan fingerprint density at radius 2 is 1.97 bits per heavy atom. The second-order valence-corrected chi connectivity index (χ2v) is 11.6. The summed E-state index contributed by atoms with van der Waals surface area (Å²) in [5.41, 5.74) is 1.26. The van der Waals surface area contributed by atoms with Crippen molar-refractivity contribution in [1.29, 1.82) is 0 Å². The summed E-state index contributed by atoms with van der Waals surface area (Å²) in [6.07, 6.45) is 7.35. The van der Waals surface area contributed by atoms with Gasteiger partial charge in [-0.2, -0.15) is 0 Å². The average Bonchev–Trinajstić information content (AvgIpc) is 3.30. The van der Waals surface area contributed by atoms with Crippen molar-refractivity contribution in [2.24, 2.45) is 5.92 Å². The number of piperidine rings is 1. The van der Waals surface area contributed by atoms with E-state index in [9.17, 15) is 9.90 Å². The van der Waals surface area contributed by atoms with Crippen LogP contribution in [0.3, 0.4) is 0 Å². The lowest BCUT2D eigenvalue weighted by atomic mass is 10.0. The van der Waals surface area contributed by atoms with E-state index in [-0.39, 0.29) is 23.7 Å². The van der Waals surface area contributed by atoms with Gasteiger partial charge in [-0.05, 0) is 75.8 Å². The van der Waals surface area contributed by atoms with Crippen molar-refractivity contribution >= 4 is 33.2 Å². The Morgan fingerprint density at radius 3 is 2.65 bits per heavy atom. The number of rotatable bonds is 7. The van der Waals surface area contributed by atoms with E-state index in [2.05, 4.69) is 16.9 Å². The summed E-state index contributed by atoms with van der Waals surface area (Å²) < 4.78 is 8.45. The molecule has 4 heterocycles. The predicted molar refractivity (Wildman–Crippen MR) is 138 cm³/mol. The standard InChI is InChI=1S/C26H32ClN3O3S/c1-15(2)23(31)8-7-20-13-22-25(34-20)26(32)30(14-28-22)18-6-9-24(21(27)12-18)33-19-10-16-4-5-17(11-19)29(16)3/h6,9,12-17,19,23,31H,4-5,7-8,10-11H2,1-3H3/t16-,17+,19+,23?. The maximum atomic E-state index is 13.2. The largest absolute Gasteiger partial charge is 0.489 e. The molecule has 6 nitrogen and oxygen atoms in total. The molecule has 3 aromatic rings. The quantitative estimate of drug-likeness (QED) is 0.490. The molecule has 1 N–H and O–H groups in total. The molecule has 4 atom stereocenters. The van der Waals surface area contributed by atoms with Gasteiger partial charge in [0.05, 0.1) is 22.3 Å². The number of thiophene rings is 1. The highest BCUT2D eigenvalue weighted by Crippen LogP contribution is 2.37. The molecule has 5 rings (SSSR count). The minimum Gasteiger partial charge on any atom is -0.489 e. The lowest BCUT2D eigenvalue weighted by Gasteiger charge is -2.36. The van der Waals surface area contributed by atoms with Crippen LogP contribution in [0.2, 0.25) is 5.02 Å². The first-order valence-electron chi connectivity index (χ1n) is 12.2. The zero-order valence-electron chi connectivity index (χ0n) is 19.9. The molecule has 182 valence electrons. The summed E-state index contributed by atoms with van der Waals surface area (Å²) in [4.78, 5) is 21.3. The molecule has 0 spiro atoms. The van der Waals surface area contributed by atoms with E-state index in [0.29, 0.717) is 45.2 Å². The highest BCUT2D eigenvalue weighted by Gasteiger charge is 2.39. The Bertz CT molecular complexity index is 1230. The van der Waals surface area contributed by atoms with Crippen LogP contribution in [0.15, 0.2) is 35.4 Å². The molecule has 2 aliphatic heterocycles. The first-order valence-corrected chi connectivity index (χ1v) is 13.4. The van der Waals surface area contributed by atoms with Crippen molar-refractivity contribution in [1.82, 2.24) is 14.5 Å². The number of aliphatic hydroxyl groups excluding tert-OH is 1. The molecule has 1 unspecified atom stereocenters. The number of fused-ring (bicyclic) bond motifs is 3. The van der Waals surface area contributed by atoms with E-state index >= 15 is 0 Å². The Morgan fingerprint density at radius 1 is 1.24 bits per heavy atom. The summed E-state index contributed by atoms with van der Waals surface area (Å²) in [5.74, 6) is 0.889. The zero-order valence-corrected chi connectivity index (χ0v) is 21.5. The minimum atomic E-state index is -0.345. The molecule has 2 aliphatic rings. The van der Waals surface area contributed by atoms with E-state index in [1.54, 1.807) is 12.4 Å². The van der Waals surface area contributed by atoms with Crippen LogP contribution in [0.4, 0.5) is 0 Å². The number of aliphatic hydroxyl groups is 1. The Hall–Kier alpha value is -1.93. The van der Waals surface area contributed by atoms with Crippen LogP contribution < -0.4 is 10.3 Å². The van der Waals surface area contributed by atoms with Crippen LogP contribution in [-0.4, -0.2) is 50.9 Å². The van der Waals surface area contributed by atoms with Crippen molar-refractivity contribution in [3.63, 3.8) is 0 Å². The lowest BCUT2D eigenvalue weighted by Crippen LogP contribution is -2.43. The molecular weight excluding hydrogens is 470 g/mol. The van der Waals surface area contributed by atoms with Gasteiger partial charge in [0.25, 0.3) is 5.56 Å². The Balaban J connectivity index is 1.33. The van der Waals surface area contributed by atoms with Gasteiger partial charge in [0.2, 0.25) is 0 Å². The number of ether oxygens (including phenoxy) is 1. The van der Waals surface area contributed by atoms with Gasteiger partial charge >= 0.3 is 0 Å². The smallest absolute Gasteiger partial charge is 0.275 e. The fourth-order valence-corrected chi connectivity index (χ4v) is 6.54. The van der Waals surface area contributed by atoms with Crippen molar-refractivity contribution in [2.75, 3.05) is 7.05 Å². The van der Waals surface area contributed by atoms with Gasteiger partial charge in [-0.25, -0.2) is 4.98 Å². The van der Waals surface area contributed by atoms with Crippen molar-refractivity contribution in [2.45, 2.75) is 76.7 Å². The molecule has 8 heteroatoms. The highest BCUT2D eigenvalue weighted by molar-refractivity contribution is 7.18. The summed E-state index contributed by atoms with van der Waals surface area (Å²) in [7, 11) is 2.22. The van der Waals surface area contributed by atoms with Crippen LogP contribution in [-0.2, 0) is 6.42 Å². The number of aromatic nitrogens is 2. The number of halogens is 1. The summed E-state index contributed by atoms with van der Waals surface area (Å²) >= 11 is 8.05. The molecule has 2 bridgehead atoms. The third-order valence-electron chi connectivity index (χ3n) is 7.49. The number of benzene rings is 1. The van der Waals surface area contributed by atoms with Gasteiger partial charge in [-0.1, -0.05) is 25.4 Å². The topological polar surface area (TPSA) is 67.6 Å². The number of nitrogens with zero attached hydrogens (tertiary/aromatic N) is 3. The predicted octanol–water partition coefficient (Wildman–Crippen LogP) is 5.05. The summed E-state index contributed by atoms with van der Waals surface area (Å²) in [6, 6.07) is 8.67. The Labute approximate surface area is 209 Å². The molecule has 0 saturated carbocycles. The summed E-state index contributed by atoms with van der Waals surface area (Å²) in [5, 5.41) is 10.6. The molecule has 1 aromatic carbocycles. The SMILES string of the molecule is CC(C)C(O)CCc1cc2ncn(-c3ccc(O[C@H]4C[C@H]5CC[C@@H](C4)N5C)c(Cl)c3)c(=O)c2s1. The van der Waals surface area contributed by atoms with Crippen molar-refractivity contribution < 1.29 is 9.84 Å². The fourth-order valence-electron chi connectivity index (χ4n) is 5.26. The maximum Gasteiger partial charge on any atom is 0.275 e. The second kappa shape index (κ2) is 9.61. The van der Waals surface area contributed by atoms with Crippen molar-refractivity contribution in [3.05, 3.63) is 50.8 Å². The van der Waals surface area contributed by atoms with E-state index in [0.717, 1.165) is 24.1 Å². The average molecular weight is 502 g/mol. The van der Waals surface area contributed by atoms with Crippen LogP contribution in [0.25, 0.3) is 15.9 Å². The Kier molecular flexibility index (Phi) is 6.73. The fraction of sp³-hybridized carbons (Fsp3) is 0.538. The van der Waals surface area contributed by atoms with Gasteiger partial charge in [0.15, 0.2) is 0 Å². The molecule has 2 saturated heterocycles. The van der Waals surface area contributed by atoms with Gasteiger partial charge in [0, 0.05) is 17.0 Å². The number of hydrogen-bond donors (Lipinski definition) is 1. The molecule has 2 fully saturated rings. The molecule has 0 aliphatic carbocycles. The van der Waals surface area contributed by atoms with E-state index in [4.69, 9.17) is 16.3 Å². The van der Waals surface area contributed by atoms with Gasteiger partial charge in [-0.15, -0.1) is 11.3 Å². The van der Waals surface area contributed by atoms with Gasteiger partial charge in [-0.3, -0.25) is 9.36 Å². The van der Waals surface area contributed by atoms with E-state index in [1.165, 1.54) is 28.7 Å². The molecule has 0 radical (unpaired) electrons. The van der Waals surface area contributed by atoms with Crippen molar-refractivity contribution in [3.8, 4) is 11.4 Å². The van der Waals surface area contributed by atoms with E-state index in [1.807, 2.05) is 32.0 Å². The zero-order chi connectivity index (χ0) is 24.0. The first kappa shape index (κ1) is 23.8. The third-order valence-corrected chi connectivity index (χ3v) is 8.95. The van der Waals surface area contributed by atoms with E-state index < -0.39 is 0 Å². The molecular formula is C26H32ClN3O3S. The number of aryl methyl sites for hydroxylation is 1. The molecule has 0 amide bonds. The highest BCUT2D eigenvalue weighted by atomic mass is 35.5. The lowest BCUT2D eigenvalue weighted by molar-refractivity contribution is 0.0662. The minimum absolute atomic E-state index is 0.109. The van der Waals surface area contributed by atoms with Crippen LogP contribution in [0.1, 0.15) is 50.8 Å². The summed E-state index contributed by atoms with van der Waals surface area (Å²) in [6.45, 7) is 4.02. The van der Waals surface area contributed by atoms with Gasteiger partial charge < -0.3 is 14.7 Å². The van der Waals surface area contributed by atoms with Crippen LogP contribution in [0, 0.1) is 5.92 Å². The monoisotopic (exact) mass is 501 g/mol. The number of hydrogen-bond acceptors (Lipinski definition) is 6. The van der Waals surface area contributed by atoms with Gasteiger partial charge in [0.1, 0.15) is 22.9 Å².